The van der Waals surface area contributed by atoms with Crippen LogP contribution in [0.2, 0.25) is 0 Å². The third-order valence-corrected chi connectivity index (χ3v) is 3.98. The summed E-state index contributed by atoms with van der Waals surface area (Å²) in [5, 5.41) is 2.45. The summed E-state index contributed by atoms with van der Waals surface area (Å²) in [7, 11) is 1.41. The van der Waals surface area contributed by atoms with Crippen LogP contribution in [0.15, 0.2) is 35.2 Å². The Morgan fingerprint density at radius 3 is 2.44 bits per heavy atom. The van der Waals surface area contributed by atoms with E-state index in [2.05, 4.69) is 42.8 Å². The number of hydrogen-bond donors (Lipinski definition) is 0. The van der Waals surface area contributed by atoms with Crippen LogP contribution in [0.5, 0.6) is 0 Å². The molecule has 0 saturated heterocycles. The average molecular weight is 260 g/mol. The summed E-state index contributed by atoms with van der Waals surface area (Å²) >= 11 is 1.50. The zero-order valence-corrected chi connectivity index (χ0v) is 11.6. The Bertz CT molecular complexity index is 590. The molecule has 0 bridgehead atoms. The minimum atomic E-state index is -0.194. The van der Waals surface area contributed by atoms with Gasteiger partial charge in [-0.3, -0.25) is 4.79 Å². The fraction of sp³-hybridized carbons (Fsp3) is 0.267. The number of hydrogen-bond acceptors (Lipinski definition) is 3. The number of esters is 1. The summed E-state index contributed by atoms with van der Waals surface area (Å²) < 4.78 is 4.63. The molecule has 0 N–H and O–H groups in total. The highest BCUT2D eigenvalue weighted by Gasteiger charge is 2.04. The maximum absolute atomic E-state index is 11.1. The first kappa shape index (κ1) is 13.0. The van der Waals surface area contributed by atoms with E-state index in [1.165, 1.54) is 40.8 Å². The van der Waals surface area contributed by atoms with E-state index in [1.807, 2.05) is 6.07 Å². The predicted molar refractivity (Wildman–Crippen MR) is 76.2 cm³/mol. The largest absolute Gasteiger partial charge is 0.468 e. The molecule has 0 aliphatic carbocycles. The molecule has 0 aliphatic heterocycles. The first-order valence-corrected chi connectivity index (χ1v) is 6.79. The predicted octanol–water partition coefficient (Wildman–Crippen LogP) is 3.72. The minimum Gasteiger partial charge on any atom is -0.468 e. The number of thioether (sulfide) groups is 1. The molecule has 0 unspecified atom stereocenters. The van der Waals surface area contributed by atoms with Crippen LogP contribution < -0.4 is 0 Å². The molecule has 94 valence electrons. The molecule has 2 nitrogen and oxygen atoms in total. The second-order valence-corrected chi connectivity index (χ2v) is 5.36. The zero-order chi connectivity index (χ0) is 13.1. The Kier molecular flexibility index (Phi) is 3.92. The number of methoxy groups -OCH3 is 1. The van der Waals surface area contributed by atoms with Gasteiger partial charge in [0.1, 0.15) is 0 Å². The number of carbonyl (C=O) groups is 1. The number of carbonyl (C=O) groups excluding carboxylic acids is 1. The summed E-state index contributed by atoms with van der Waals surface area (Å²) in [4.78, 5) is 12.2. The SMILES string of the molecule is COC(=O)CSc1ccc2cc(C)c(C)cc2c1. The van der Waals surface area contributed by atoms with Crippen molar-refractivity contribution < 1.29 is 9.53 Å². The number of rotatable bonds is 3. The smallest absolute Gasteiger partial charge is 0.315 e. The van der Waals surface area contributed by atoms with Crippen LogP contribution in [0.1, 0.15) is 11.1 Å². The Labute approximate surface area is 111 Å². The molecular formula is C15H16O2S. The van der Waals surface area contributed by atoms with Crippen molar-refractivity contribution in [1.29, 1.82) is 0 Å². The number of aryl methyl sites for hydroxylation is 2. The third-order valence-electron chi connectivity index (χ3n) is 3.01. The Hall–Kier alpha value is -1.48. The van der Waals surface area contributed by atoms with Gasteiger partial charge in [0.2, 0.25) is 0 Å². The monoisotopic (exact) mass is 260 g/mol. The summed E-state index contributed by atoms with van der Waals surface area (Å²) in [6.07, 6.45) is 0. The standard InChI is InChI=1S/C15H16O2S/c1-10-6-12-4-5-14(18-9-15(16)17-3)8-13(12)7-11(10)2/h4-8H,9H2,1-3H3. The van der Waals surface area contributed by atoms with E-state index in [0.717, 1.165) is 4.90 Å². The van der Waals surface area contributed by atoms with Gasteiger partial charge < -0.3 is 4.74 Å². The molecule has 0 aromatic heterocycles. The van der Waals surface area contributed by atoms with Gasteiger partial charge in [-0.1, -0.05) is 18.2 Å². The topological polar surface area (TPSA) is 26.3 Å². The second-order valence-electron chi connectivity index (χ2n) is 4.31. The number of benzene rings is 2. The van der Waals surface area contributed by atoms with Crippen LogP contribution in [0, 0.1) is 13.8 Å². The van der Waals surface area contributed by atoms with Crippen molar-refractivity contribution >= 4 is 28.5 Å². The maximum atomic E-state index is 11.1. The van der Waals surface area contributed by atoms with E-state index in [0.29, 0.717) is 5.75 Å². The third kappa shape index (κ3) is 2.85. The van der Waals surface area contributed by atoms with Crippen LogP contribution in [0.4, 0.5) is 0 Å². The van der Waals surface area contributed by atoms with Gasteiger partial charge in [-0.25, -0.2) is 0 Å². The molecule has 0 heterocycles. The van der Waals surface area contributed by atoms with E-state index in [1.54, 1.807) is 0 Å². The molecule has 2 aromatic carbocycles. The lowest BCUT2D eigenvalue weighted by atomic mass is 10.0. The van der Waals surface area contributed by atoms with Crippen molar-refractivity contribution in [2.24, 2.45) is 0 Å². The second kappa shape index (κ2) is 5.44. The molecule has 3 heteroatoms. The van der Waals surface area contributed by atoms with Gasteiger partial charge in [-0.2, -0.15) is 0 Å². The van der Waals surface area contributed by atoms with E-state index in [-0.39, 0.29) is 5.97 Å². The summed E-state index contributed by atoms with van der Waals surface area (Å²) in [6.45, 7) is 4.23. The van der Waals surface area contributed by atoms with E-state index in [9.17, 15) is 4.79 Å². The number of ether oxygens (including phenoxy) is 1. The van der Waals surface area contributed by atoms with E-state index < -0.39 is 0 Å². The molecule has 2 rings (SSSR count). The normalized spacial score (nSPS) is 10.6. The van der Waals surface area contributed by atoms with Crippen molar-refractivity contribution in [2.75, 3.05) is 12.9 Å². The van der Waals surface area contributed by atoms with Gasteiger partial charge in [-0.05, 0) is 47.9 Å². The van der Waals surface area contributed by atoms with Crippen molar-refractivity contribution in [3.8, 4) is 0 Å². The van der Waals surface area contributed by atoms with E-state index in [4.69, 9.17) is 0 Å². The van der Waals surface area contributed by atoms with Crippen molar-refractivity contribution in [1.82, 2.24) is 0 Å². The average Bonchev–Trinajstić information content (AvgIpc) is 2.37. The lowest BCUT2D eigenvalue weighted by Crippen LogP contribution is -2.02. The van der Waals surface area contributed by atoms with Gasteiger partial charge in [0, 0.05) is 4.90 Å². The molecule has 0 spiro atoms. The van der Waals surface area contributed by atoms with Crippen LogP contribution in [-0.4, -0.2) is 18.8 Å². The summed E-state index contributed by atoms with van der Waals surface area (Å²) in [5.41, 5.74) is 2.59. The highest BCUT2D eigenvalue weighted by molar-refractivity contribution is 8.00. The molecule has 0 radical (unpaired) electrons. The lowest BCUT2D eigenvalue weighted by molar-refractivity contribution is -0.137. The Morgan fingerprint density at radius 1 is 1.11 bits per heavy atom. The molecule has 2 aromatic rings. The Morgan fingerprint density at radius 2 is 1.78 bits per heavy atom. The maximum Gasteiger partial charge on any atom is 0.315 e. The van der Waals surface area contributed by atoms with Gasteiger partial charge in [0.05, 0.1) is 12.9 Å². The molecule has 0 fully saturated rings. The van der Waals surface area contributed by atoms with Crippen molar-refractivity contribution in [3.05, 3.63) is 41.5 Å². The fourth-order valence-corrected chi connectivity index (χ4v) is 2.57. The molecular weight excluding hydrogens is 244 g/mol. The van der Waals surface area contributed by atoms with E-state index >= 15 is 0 Å². The van der Waals surface area contributed by atoms with Gasteiger partial charge in [-0.15, -0.1) is 11.8 Å². The van der Waals surface area contributed by atoms with Crippen LogP contribution >= 0.6 is 11.8 Å². The highest BCUT2D eigenvalue weighted by atomic mass is 32.2. The molecule has 18 heavy (non-hydrogen) atoms. The molecule has 0 amide bonds. The minimum absolute atomic E-state index is 0.194. The summed E-state index contributed by atoms with van der Waals surface area (Å²) in [5.74, 6) is 0.160. The van der Waals surface area contributed by atoms with Crippen LogP contribution in [0.25, 0.3) is 10.8 Å². The first-order valence-electron chi connectivity index (χ1n) is 5.81. The number of fused-ring (bicyclic) bond motifs is 1. The molecule has 0 atom stereocenters. The molecule has 0 saturated carbocycles. The zero-order valence-electron chi connectivity index (χ0n) is 10.8. The highest BCUT2D eigenvalue weighted by Crippen LogP contribution is 2.25. The van der Waals surface area contributed by atoms with Gasteiger partial charge >= 0.3 is 5.97 Å². The van der Waals surface area contributed by atoms with Gasteiger partial charge in [0.15, 0.2) is 0 Å². The first-order chi connectivity index (χ1) is 8.60. The van der Waals surface area contributed by atoms with Crippen molar-refractivity contribution in [3.63, 3.8) is 0 Å². The van der Waals surface area contributed by atoms with Crippen LogP contribution in [-0.2, 0) is 9.53 Å². The quantitative estimate of drug-likeness (QED) is 0.621. The van der Waals surface area contributed by atoms with Crippen LogP contribution in [0.3, 0.4) is 0 Å². The lowest BCUT2D eigenvalue weighted by Gasteiger charge is -2.06. The summed E-state index contributed by atoms with van der Waals surface area (Å²) in [6, 6.07) is 10.6. The van der Waals surface area contributed by atoms with Gasteiger partial charge in [0.25, 0.3) is 0 Å². The van der Waals surface area contributed by atoms with Crippen molar-refractivity contribution in [2.45, 2.75) is 18.7 Å². The fourth-order valence-electron chi connectivity index (χ4n) is 1.79. The molecule has 0 aliphatic rings. The Balaban J connectivity index is 2.27.